The average molecular weight is 320 g/mol. The Kier molecular flexibility index (Phi) is 6.07. The molecule has 0 bridgehead atoms. The Balaban J connectivity index is 0.00000180. The third-order valence-electron chi connectivity index (χ3n) is 2.72. The molecule has 0 unspecified atom stereocenters. The summed E-state index contributed by atoms with van der Waals surface area (Å²) in [5.41, 5.74) is 0. The van der Waals surface area contributed by atoms with E-state index in [1.807, 2.05) is 36.2 Å². The zero-order chi connectivity index (χ0) is 13.1. The minimum absolute atomic E-state index is 0. The SMILES string of the molecule is CN(CCC(=O)O)Cc1sc2ccccc2c1Cl.Cl. The number of carboxylic acids is 1. The van der Waals surface area contributed by atoms with Crippen LogP contribution in [-0.2, 0) is 11.3 Å². The van der Waals surface area contributed by atoms with Gasteiger partial charge in [-0.1, -0.05) is 29.8 Å². The largest absolute Gasteiger partial charge is 0.481 e. The molecule has 0 aliphatic heterocycles. The van der Waals surface area contributed by atoms with Crippen LogP contribution in [0.5, 0.6) is 0 Å². The van der Waals surface area contributed by atoms with Crippen LogP contribution in [-0.4, -0.2) is 29.6 Å². The number of fused-ring (bicyclic) bond motifs is 1. The lowest BCUT2D eigenvalue weighted by Gasteiger charge is -2.14. The van der Waals surface area contributed by atoms with Gasteiger partial charge in [0.05, 0.1) is 11.4 Å². The van der Waals surface area contributed by atoms with Crippen LogP contribution in [0, 0.1) is 0 Å². The number of halogens is 2. The van der Waals surface area contributed by atoms with E-state index < -0.39 is 5.97 Å². The van der Waals surface area contributed by atoms with Crippen LogP contribution in [0.3, 0.4) is 0 Å². The average Bonchev–Trinajstić information content (AvgIpc) is 2.65. The van der Waals surface area contributed by atoms with Crippen molar-refractivity contribution in [2.75, 3.05) is 13.6 Å². The molecule has 0 atom stereocenters. The number of aliphatic carboxylic acids is 1. The normalized spacial score (nSPS) is 10.7. The summed E-state index contributed by atoms with van der Waals surface area (Å²) in [4.78, 5) is 13.6. The number of benzene rings is 1. The number of carboxylic acid groups (broad SMARTS) is 1. The topological polar surface area (TPSA) is 40.5 Å². The van der Waals surface area contributed by atoms with Gasteiger partial charge in [0.2, 0.25) is 0 Å². The van der Waals surface area contributed by atoms with Crippen LogP contribution in [0.4, 0.5) is 0 Å². The van der Waals surface area contributed by atoms with Crippen LogP contribution in [0.25, 0.3) is 10.1 Å². The highest BCUT2D eigenvalue weighted by Gasteiger charge is 2.12. The second-order valence-corrected chi connectivity index (χ2v) is 5.73. The first-order chi connectivity index (χ1) is 8.58. The number of hydrogen-bond donors (Lipinski definition) is 1. The van der Waals surface area contributed by atoms with Crippen molar-refractivity contribution >= 4 is 51.4 Å². The van der Waals surface area contributed by atoms with Gasteiger partial charge in [-0.25, -0.2) is 0 Å². The number of nitrogens with zero attached hydrogens (tertiary/aromatic N) is 1. The molecule has 0 fully saturated rings. The fraction of sp³-hybridized carbons (Fsp3) is 0.308. The van der Waals surface area contributed by atoms with E-state index in [1.54, 1.807) is 11.3 Å². The summed E-state index contributed by atoms with van der Waals surface area (Å²) >= 11 is 8.00. The Morgan fingerprint density at radius 2 is 2.11 bits per heavy atom. The molecule has 1 N–H and O–H groups in total. The van der Waals surface area contributed by atoms with Crippen molar-refractivity contribution in [3.63, 3.8) is 0 Å². The Morgan fingerprint density at radius 1 is 1.42 bits per heavy atom. The summed E-state index contributed by atoms with van der Waals surface area (Å²) < 4.78 is 1.17. The van der Waals surface area contributed by atoms with Crippen molar-refractivity contribution in [2.45, 2.75) is 13.0 Å². The van der Waals surface area contributed by atoms with Gasteiger partial charge in [0, 0.05) is 28.1 Å². The molecule has 6 heteroatoms. The quantitative estimate of drug-likeness (QED) is 0.909. The first-order valence-corrected chi connectivity index (χ1v) is 6.83. The number of hydrogen-bond acceptors (Lipinski definition) is 3. The predicted octanol–water partition coefficient (Wildman–Crippen LogP) is 3.88. The highest BCUT2D eigenvalue weighted by Crippen LogP contribution is 2.35. The van der Waals surface area contributed by atoms with Gasteiger partial charge in [0.25, 0.3) is 0 Å². The van der Waals surface area contributed by atoms with Crippen molar-refractivity contribution in [1.29, 1.82) is 0 Å². The maximum atomic E-state index is 10.5. The molecule has 0 radical (unpaired) electrons. The molecule has 0 spiro atoms. The van der Waals surface area contributed by atoms with E-state index in [-0.39, 0.29) is 18.8 Å². The highest BCUT2D eigenvalue weighted by atomic mass is 35.5. The van der Waals surface area contributed by atoms with E-state index >= 15 is 0 Å². The van der Waals surface area contributed by atoms with Gasteiger partial charge in [0.15, 0.2) is 0 Å². The van der Waals surface area contributed by atoms with Gasteiger partial charge < -0.3 is 10.0 Å². The molecular formula is C13H15Cl2NO2S. The summed E-state index contributed by atoms with van der Waals surface area (Å²) in [6.45, 7) is 1.21. The molecule has 1 heterocycles. The van der Waals surface area contributed by atoms with Gasteiger partial charge in [-0.3, -0.25) is 4.79 Å². The number of rotatable bonds is 5. The molecule has 0 saturated heterocycles. The van der Waals surface area contributed by atoms with E-state index in [4.69, 9.17) is 16.7 Å². The Morgan fingerprint density at radius 3 is 2.74 bits per heavy atom. The van der Waals surface area contributed by atoms with Crippen molar-refractivity contribution in [3.05, 3.63) is 34.2 Å². The molecule has 0 saturated carbocycles. The predicted molar refractivity (Wildman–Crippen MR) is 82.7 cm³/mol. The molecule has 19 heavy (non-hydrogen) atoms. The Bertz CT molecular complexity index is 571. The second-order valence-electron chi connectivity index (χ2n) is 4.22. The maximum absolute atomic E-state index is 10.5. The summed E-state index contributed by atoms with van der Waals surface area (Å²) in [7, 11) is 1.91. The lowest BCUT2D eigenvalue weighted by Crippen LogP contribution is -2.20. The molecule has 0 amide bonds. The van der Waals surface area contributed by atoms with Gasteiger partial charge >= 0.3 is 5.97 Å². The first-order valence-electron chi connectivity index (χ1n) is 5.64. The molecule has 0 aliphatic carbocycles. The summed E-state index contributed by atoms with van der Waals surface area (Å²) in [5.74, 6) is -0.774. The molecular weight excluding hydrogens is 305 g/mol. The molecule has 2 rings (SSSR count). The fourth-order valence-electron chi connectivity index (χ4n) is 1.78. The minimum atomic E-state index is -0.774. The van der Waals surface area contributed by atoms with Crippen molar-refractivity contribution in [3.8, 4) is 0 Å². The van der Waals surface area contributed by atoms with Crippen LogP contribution in [0.1, 0.15) is 11.3 Å². The Labute approximate surface area is 127 Å². The van der Waals surface area contributed by atoms with Crippen molar-refractivity contribution in [1.82, 2.24) is 4.90 Å². The van der Waals surface area contributed by atoms with E-state index in [9.17, 15) is 4.79 Å². The molecule has 3 nitrogen and oxygen atoms in total. The number of carbonyl (C=O) groups is 1. The third-order valence-corrected chi connectivity index (χ3v) is 4.42. The smallest absolute Gasteiger partial charge is 0.304 e. The van der Waals surface area contributed by atoms with E-state index in [0.29, 0.717) is 13.1 Å². The van der Waals surface area contributed by atoms with Crippen LogP contribution in [0.15, 0.2) is 24.3 Å². The van der Waals surface area contributed by atoms with Gasteiger partial charge in [0.1, 0.15) is 0 Å². The van der Waals surface area contributed by atoms with Crippen molar-refractivity contribution in [2.24, 2.45) is 0 Å². The first kappa shape index (κ1) is 16.2. The van der Waals surface area contributed by atoms with Crippen LogP contribution in [0.2, 0.25) is 5.02 Å². The summed E-state index contributed by atoms with van der Waals surface area (Å²) in [5, 5.41) is 10.5. The van der Waals surface area contributed by atoms with E-state index in [0.717, 1.165) is 15.3 Å². The zero-order valence-electron chi connectivity index (χ0n) is 10.4. The Hall–Kier alpha value is -0.810. The van der Waals surface area contributed by atoms with E-state index in [2.05, 4.69) is 0 Å². The third kappa shape index (κ3) is 4.08. The molecule has 1 aromatic carbocycles. The van der Waals surface area contributed by atoms with Gasteiger partial charge in [-0.15, -0.1) is 23.7 Å². The molecule has 104 valence electrons. The van der Waals surface area contributed by atoms with Crippen LogP contribution < -0.4 is 0 Å². The number of thiophene rings is 1. The molecule has 2 aromatic rings. The van der Waals surface area contributed by atoms with E-state index in [1.165, 1.54) is 4.70 Å². The summed E-state index contributed by atoms with van der Waals surface area (Å²) in [6, 6.07) is 8.02. The van der Waals surface area contributed by atoms with Gasteiger partial charge in [-0.05, 0) is 13.1 Å². The minimum Gasteiger partial charge on any atom is -0.481 e. The zero-order valence-corrected chi connectivity index (χ0v) is 12.8. The lowest BCUT2D eigenvalue weighted by molar-refractivity contribution is -0.137. The van der Waals surface area contributed by atoms with Gasteiger partial charge in [-0.2, -0.15) is 0 Å². The second kappa shape index (κ2) is 7.10. The monoisotopic (exact) mass is 319 g/mol. The van der Waals surface area contributed by atoms with Crippen molar-refractivity contribution < 1.29 is 9.90 Å². The molecule has 1 aromatic heterocycles. The summed E-state index contributed by atoms with van der Waals surface area (Å²) in [6.07, 6.45) is 0.152. The highest BCUT2D eigenvalue weighted by molar-refractivity contribution is 7.19. The lowest BCUT2D eigenvalue weighted by atomic mass is 10.2. The fourth-order valence-corrected chi connectivity index (χ4v) is 3.35. The standard InChI is InChI=1S/C13H14ClNO2S.ClH/c1-15(7-6-12(16)17)8-11-13(14)9-4-2-3-5-10(9)18-11;/h2-5H,6-8H2,1H3,(H,16,17);1H. The molecule has 0 aliphatic rings. The maximum Gasteiger partial charge on any atom is 0.304 e. The van der Waals surface area contributed by atoms with Crippen LogP contribution >= 0.6 is 35.3 Å².